The van der Waals surface area contributed by atoms with Crippen molar-refractivity contribution in [1.82, 2.24) is 19.6 Å². The van der Waals surface area contributed by atoms with E-state index in [2.05, 4.69) is 14.9 Å². The van der Waals surface area contributed by atoms with Crippen molar-refractivity contribution < 1.29 is 32.9 Å². The Balaban J connectivity index is 1.29. The lowest BCUT2D eigenvalue weighted by molar-refractivity contribution is -0.137. The monoisotopic (exact) mass is 509 g/mol. The van der Waals surface area contributed by atoms with E-state index in [1.807, 2.05) is 6.92 Å². The Kier molecular flexibility index (Phi) is 6.70. The molecule has 3 atom stereocenters. The fourth-order valence-electron chi connectivity index (χ4n) is 5.47. The minimum atomic E-state index is -4.41. The quantitative estimate of drug-likeness (QED) is 0.610. The molecule has 0 bridgehead atoms. The van der Waals surface area contributed by atoms with Gasteiger partial charge in [-0.25, -0.2) is 4.79 Å². The van der Waals surface area contributed by atoms with Crippen molar-refractivity contribution in [2.75, 3.05) is 50.8 Å². The van der Waals surface area contributed by atoms with E-state index in [1.165, 1.54) is 18.3 Å². The Labute approximate surface area is 206 Å². The van der Waals surface area contributed by atoms with Gasteiger partial charge < -0.3 is 24.7 Å². The van der Waals surface area contributed by atoms with Crippen LogP contribution in [0, 0.1) is 11.8 Å². The lowest BCUT2D eigenvalue weighted by atomic mass is 10.0. The van der Waals surface area contributed by atoms with Gasteiger partial charge in [-0.15, -0.1) is 0 Å². The predicted octanol–water partition coefficient (Wildman–Crippen LogP) is 2.14. The van der Waals surface area contributed by atoms with E-state index in [1.54, 1.807) is 11.0 Å². The van der Waals surface area contributed by atoms with Gasteiger partial charge in [0.1, 0.15) is 5.69 Å². The van der Waals surface area contributed by atoms with Gasteiger partial charge in [-0.3, -0.25) is 4.90 Å². The summed E-state index contributed by atoms with van der Waals surface area (Å²) < 4.78 is 47.2. The summed E-state index contributed by atoms with van der Waals surface area (Å²) >= 11 is 0. The zero-order valence-corrected chi connectivity index (χ0v) is 19.9. The fraction of sp³-hybridized carbons (Fsp3) is 0.583. The van der Waals surface area contributed by atoms with Crippen LogP contribution in [0.3, 0.4) is 0 Å². The van der Waals surface area contributed by atoms with E-state index < -0.39 is 18.0 Å². The summed E-state index contributed by atoms with van der Waals surface area (Å²) in [7, 11) is 0. The van der Waals surface area contributed by atoms with Crippen LogP contribution in [0.2, 0.25) is 0 Å². The number of halogens is 3. The number of aliphatic hydroxyl groups excluding tert-OH is 1. The number of anilines is 1. The molecule has 1 aromatic heterocycles. The molecule has 3 fully saturated rings. The Morgan fingerprint density at radius 1 is 1.14 bits per heavy atom. The highest BCUT2D eigenvalue weighted by molar-refractivity contribution is 5.76. The zero-order chi connectivity index (χ0) is 25.6. The highest BCUT2D eigenvalue weighted by atomic mass is 19.4. The highest BCUT2D eigenvalue weighted by Crippen LogP contribution is 2.38. The number of amides is 1. The van der Waals surface area contributed by atoms with Gasteiger partial charge in [0, 0.05) is 69.0 Å². The number of rotatable bonds is 4. The number of hydrogen-bond donors (Lipinski definition) is 2. The normalized spacial score (nSPS) is 25.1. The Bertz CT molecular complexity index is 1100. The molecule has 0 saturated carbocycles. The molecule has 9 nitrogen and oxygen atoms in total. The second-order valence-corrected chi connectivity index (χ2v) is 9.92. The third-order valence-corrected chi connectivity index (χ3v) is 7.42. The summed E-state index contributed by atoms with van der Waals surface area (Å²) in [6.07, 6.45) is -4.78. The van der Waals surface area contributed by atoms with Gasteiger partial charge >= 0.3 is 12.2 Å². The first-order valence-corrected chi connectivity index (χ1v) is 12.1. The summed E-state index contributed by atoms with van der Waals surface area (Å²) in [6, 6.07) is 4.83. The minimum Gasteiger partial charge on any atom is -0.381 e. The molecule has 12 heteroatoms. The largest absolute Gasteiger partial charge is 0.416 e. The second kappa shape index (κ2) is 9.66. The van der Waals surface area contributed by atoms with Crippen LogP contribution in [0.25, 0.3) is 0 Å². The van der Waals surface area contributed by atoms with Crippen molar-refractivity contribution >= 4 is 11.7 Å². The molecule has 1 aromatic carbocycles. The Morgan fingerprint density at radius 3 is 2.47 bits per heavy atom. The fourth-order valence-corrected chi connectivity index (χ4v) is 5.47. The molecule has 4 heterocycles. The van der Waals surface area contributed by atoms with Crippen LogP contribution in [0.1, 0.15) is 30.0 Å². The first-order valence-electron chi connectivity index (χ1n) is 12.1. The molecule has 3 saturated heterocycles. The SMILES string of the molecule is C[C@@H]1CN(Cc2ccc(C(F)(F)F)cc2N2CC3COCC3C2)CCN1C(=O)n1ccc(C(O)O)n1. The maximum atomic E-state index is 13.5. The topological polar surface area (TPSA) is 94.3 Å². The van der Waals surface area contributed by atoms with E-state index in [9.17, 15) is 28.2 Å². The number of hydrogen-bond acceptors (Lipinski definition) is 7. The smallest absolute Gasteiger partial charge is 0.381 e. The minimum absolute atomic E-state index is 0.0120. The lowest BCUT2D eigenvalue weighted by Gasteiger charge is -2.40. The van der Waals surface area contributed by atoms with Crippen molar-refractivity contribution in [3.8, 4) is 0 Å². The van der Waals surface area contributed by atoms with Gasteiger partial charge in [0.25, 0.3) is 0 Å². The van der Waals surface area contributed by atoms with E-state index in [0.29, 0.717) is 70.0 Å². The number of fused-ring (bicyclic) bond motifs is 1. The molecule has 2 aromatic rings. The molecule has 0 aliphatic carbocycles. The number of aromatic nitrogens is 2. The van der Waals surface area contributed by atoms with E-state index in [4.69, 9.17) is 4.74 Å². The Morgan fingerprint density at radius 2 is 1.86 bits per heavy atom. The number of piperazine rings is 1. The van der Waals surface area contributed by atoms with Gasteiger partial charge in [-0.1, -0.05) is 6.07 Å². The maximum Gasteiger partial charge on any atom is 0.416 e. The van der Waals surface area contributed by atoms with Crippen LogP contribution in [-0.4, -0.2) is 87.8 Å². The van der Waals surface area contributed by atoms with E-state index in [-0.39, 0.29) is 17.8 Å². The summed E-state index contributed by atoms with van der Waals surface area (Å²) in [4.78, 5) is 18.8. The van der Waals surface area contributed by atoms with Crippen LogP contribution in [0.15, 0.2) is 30.5 Å². The lowest BCUT2D eigenvalue weighted by Crippen LogP contribution is -2.54. The first kappa shape index (κ1) is 25.0. The molecule has 0 radical (unpaired) electrons. The van der Waals surface area contributed by atoms with Gasteiger partial charge in [0.05, 0.1) is 18.8 Å². The summed E-state index contributed by atoms with van der Waals surface area (Å²) in [5.74, 6) is 0.688. The average molecular weight is 510 g/mol. The second-order valence-electron chi connectivity index (χ2n) is 9.92. The van der Waals surface area contributed by atoms with Crippen molar-refractivity contribution in [2.24, 2.45) is 11.8 Å². The predicted molar refractivity (Wildman–Crippen MR) is 123 cm³/mol. The van der Waals surface area contributed by atoms with Crippen molar-refractivity contribution in [2.45, 2.75) is 32.0 Å². The van der Waals surface area contributed by atoms with Crippen molar-refractivity contribution in [3.05, 3.63) is 47.3 Å². The van der Waals surface area contributed by atoms with Gasteiger partial charge in [-0.2, -0.15) is 23.0 Å². The van der Waals surface area contributed by atoms with Gasteiger partial charge in [0.15, 0.2) is 6.29 Å². The number of aliphatic hydroxyl groups is 2. The number of alkyl halides is 3. The molecule has 1 amide bonds. The van der Waals surface area contributed by atoms with Gasteiger partial charge in [-0.05, 0) is 30.7 Å². The molecule has 0 spiro atoms. The number of ether oxygens (including phenoxy) is 1. The zero-order valence-electron chi connectivity index (χ0n) is 19.9. The molecule has 36 heavy (non-hydrogen) atoms. The summed E-state index contributed by atoms with van der Waals surface area (Å²) in [5, 5.41) is 22.4. The summed E-state index contributed by atoms with van der Waals surface area (Å²) in [6.45, 7) is 6.57. The molecular weight excluding hydrogens is 479 g/mol. The third kappa shape index (κ3) is 4.95. The van der Waals surface area contributed by atoms with Crippen LogP contribution in [0.5, 0.6) is 0 Å². The van der Waals surface area contributed by atoms with Crippen molar-refractivity contribution in [1.29, 1.82) is 0 Å². The molecule has 2 unspecified atom stereocenters. The maximum absolute atomic E-state index is 13.5. The average Bonchev–Trinajstić information content (AvgIpc) is 3.55. The molecule has 3 aliphatic heterocycles. The third-order valence-electron chi connectivity index (χ3n) is 7.42. The van der Waals surface area contributed by atoms with E-state index in [0.717, 1.165) is 16.3 Å². The van der Waals surface area contributed by atoms with Crippen LogP contribution >= 0.6 is 0 Å². The molecular formula is C24H30F3N5O4. The highest BCUT2D eigenvalue weighted by Gasteiger charge is 2.39. The van der Waals surface area contributed by atoms with Crippen molar-refractivity contribution in [3.63, 3.8) is 0 Å². The number of carbonyl (C=O) groups is 1. The molecule has 5 rings (SSSR count). The number of carbonyl (C=O) groups excluding carboxylic acids is 1. The van der Waals surface area contributed by atoms with Crippen LogP contribution in [0.4, 0.5) is 23.7 Å². The van der Waals surface area contributed by atoms with Crippen LogP contribution < -0.4 is 4.90 Å². The molecule has 3 aliphatic rings. The summed E-state index contributed by atoms with van der Waals surface area (Å²) in [5.41, 5.74) is 0.800. The van der Waals surface area contributed by atoms with Gasteiger partial charge in [0.2, 0.25) is 0 Å². The number of nitrogens with zero attached hydrogens (tertiary/aromatic N) is 5. The standard InChI is InChI=1S/C24H30F3N5O4/c1-15-9-29(6-7-31(15)23(35)32-5-4-20(28-32)22(33)34)10-16-2-3-19(24(25,26)27)8-21(16)30-11-17-13-36-14-18(17)12-30/h2-5,8,15,17-18,22,33-34H,6-7,9-14H2,1H3/t15-,17?,18?/m1/s1. The number of benzene rings is 1. The first-order chi connectivity index (χ1) is 17.1. The Hall–Kier alpha value is -2.67. The molecule has 2 N–H and O–H groups in total. The van der Waals surface area contributed by atoms with Crippen LogP contribution in [-0.2, 0) is 17.5 Å². The molecule has 196 valence electrons. The van der Waals surface area contributed by atoms with E-state index >= 15 is 0 Å².